The average Bonchev–Trinajstić information content (AvgIpc) is 3.16. The quantitative estimate of drug-likeness (QED) is 0.696. The standard InChI is InChI=1S/C24H28N2O4S2/c27-23(21-6-2-3-7-22(21)31-20-12-15-32(29,30)17-20)25-16-18-8-10-19(11-9-18)24(28)26-13-4-1-5-14-26/h2-3,6-11,20H,1,4-5,12-17H2,(H,25,27)/t20-/m1/s1. The summed E-state index contributed by atoms with van der Waals surface area (Å²) in [6, 6.07) is 14.7. The van der Waals surface area contributed by atoms with E-state index in [1.54, 1.807) is 6.07 Å². The molecule has 2 amide bonds. The van der Waals surface area contributed by atoms with Crippen LogP contribution in [0.3, 0.4) is 0 Å². The third-order valence-corrected chi connectivity index (χ3v) is 9.24. The van der Waals surface area contributed by atoms with E-state index in [1.165, 1.54) is 18.2 Å². The Morgan fingerprint density at radius 1 is 1.00 bits per heavy atom. The summed E-state index contributed by atoms with van der Waals surface area (Å²) in [6.07, 6.45) is 3.92. The highest BCUT2D eigenvalue weighted by atomic mass is 32.2. The molecular formula is C24H28N2O4S2. The third-order valence-electron chi connectivity index (χ3n) is 5.91. The van der Waals surface area contributed by atoms with Gasteiger partial charge in [0.2, 0.25) is 0 Å². The van der Waals surface area contributed by atoms with Gasteiger partial charge in [-0.15, -0.1) is 11.8 Å². The number of likely N-dealkylation sites (tertiary alicyclic amines) is 1. The highest BCUT2D eigenvalue weighted by Gasteiger charge is 2.29. The summed E-state index contributed by atoms with van der Waals surface area (Å²) < 4.78 is 23.5. The van der Waals surface area contributed by atoms with Crippen LogP contribution < -0.4 is 5.32 Å². The van der Waals surface area contributed by atoms with Crippen LogP contribution in [0.15, 0.2) is 53.4 Å². The largest absolute Gasteiger partial charge is 0.348 e. The van der Waals surface area contributed by atoms with Gasteiger partial charge in [-0.3, -0.25) is 9.59 Å². The lowest BCUT2D eigenvalue weighted by Crippen LogP contribution is -2.35. The number of hydrogen-bond acceptors (Lipinski definition) is 5. The fourth-order valence-corrected chi connectivity index (χ4v) is 7.74. The van der Waals surface area contributed by atoms with Crippen molar-refractivity contribution < 1.29 is 18.0 Å². The second kappa shape index (κ2) is 10.1. The molecule has 2 fully saturated rings. The summed E-state index contributed by atoms with van der Waals surface area (Å²) in [5.41, 5.74) is 2.15. The number of carbonyl (C=O) groups excluding carboxylic acids is 2. The first-order chi connectivity index (χ1) is 15.4. The summed E-state index contributed by atoms with van der Waals surface area (Å²) in [6.45, 7) is 2.00. The third kappa shape index (κ3) is 5.72. The molecule has 8 heteroatoms. The maximum atomic E-state index is 12.8. The predicted molar refractivity (Wildman–Crippen MR) is 127 cm³/mol. The molecule has 32 heavy (non-hydrogen) atoms. The van der Waals surface area contributed by atoms with E-state index in [0.717, 1.165) is 36.4 Å². The Hall–Kier alpha value is -2.32. The average molecular weight is 473 g/mol. The number of rotatable bonds is 6. The van der Waals surface area contributed by atoms with E-state index >= 15 is 0 Å². The Labute approximate surface area is 193 Å². The van der Waals surface area contributed by atoms with Gasteiger partial charge in [0.1, 0.15) is 0 Å². The van der Waals surface area contributed by atoms with Gasteiger partial charge in [-0.25, -0.2) is 8.42 Å². The Kier molecular flexibility index (Phi) is 7.20. The topological polar surface area (TPSA) is 83.6 Å². The number of thioether (sulfide) groups is 1. The zero-order chi connectivity index (χ0) is 22.6. The fraction of sp³-hybridized carbons (Fsp3) is 0.417. The predicted octanol–water partition coefficient (Wildman–Crippen LogP) is 3.52. The number of nitrogens with zero attached hydrogens (tertiary/aromatic N) is 1. The highest BCUT2D eigenvalue weighted by Crippen LogP contribution is 2.33. The van der Waals surface area contributed by atoms with E-state index in [4.69, 9.17) is 0 Å². The maximum Gasteiger partial charge on any atom is 0.253 e. The highest BCUT2D eigenvalue weighted by molar-refractivity contribution is 8.02. The van der Waals surface area contributed by atoms with E-state index in [2.05, 4.69) is 5.32 Å². The van der Waals surface area contributed by atoms with Gasteiger partial charge in [-0.05, 0) is 55.5 Å². The molecule has 2 aliphatic rings. The Morgan fingerprint density at radius 3 is 2.41 bits per heavy atom. The van der Waals surface area contributed by atoms with Crippen molar-refractivity contribution in [1.82, 2.24) is 10.2 Å². The van der Waals surface area contributed by atoms with Gasteiger partial charge < -0.3 is 10.2 Å². The van der Waals surface area contributed by atoms with Gasteiger partial charge in [0.15, 0.2) is 9.84 Å². The van der Waals surface area contributed by atoms with Crippen LogP contribution in [-0.4, -0.2) is 55.0 Å². The van der Waals surface area contributed by atoms with Crippen molar-refractivity contribution in [2.24, 2.45) is 0 Å². The molecule has 1 N–H and O–H groups in total. The molecule has 0 unspecified atom stereocenters. The Bertz CT molecular complexity index is 1080. The number of hydrogen-bond donors (Lipinski definition) is 1. The van der Waals surface area contributed by atoms with Crippen molar-refractivity contribution in [1.29, 1.82) is 0 Å². The van der Waals surface area contributed by atoms with Crippen LogP contribution in [0.1, 0.15) is 52.0 Å². The monoisotopic (exact) mass is 472 g/mol. The van der Waals surface area contributed by atoms with Gasteiger partial charge in [0, 0.05) is 35.3 Å². The van der Waals surface area contributed by atoms with Gasteiger partial charge in [-0.2, -0.15) is 0 Å². The van der Waals surface area contributed by atoms with Gasteiger partial charge in [-0.1, -0.05) is 24.3 Å². The van der Waals surface area contributed by atoms with Crippen LogP contribution in [0.25, 0.3) is 0 Å². The molecule has 0 bridgehead atoms. The number of carbonyl (C=O) groups is 2. The first-order valence-electron chi connectivity index (χ1n) is 11.0. The Balaban J connectivity index is 1.35. The first-order valence-corrected chi connectivity index (χ1v) is 13.7. The van der Waals surface area contributed by atoms with Crippen molar-refractivity contribution >= 4 is 33.4 Å². The zero-order valence-electron chi connectivity index (χ0n) is 18.0. The summed E-state index contributed by atoms with van der Waals surface area (Å²) in [4.78, 5) is 28.1. The van der Waals surface area contributed by atoms with E-state index in [-0.39, 0.29) is 28.6 Å². The summed E-state index contributed by atoms with van der Waals surface area (Å²) in [7, 11) is -2.96. The molecule has 0 aromatic heterocycles. The van der Waals surface area contributed by atoms with E-state index in [9.17, 15) is 18.0 Å². The van der Waals surface area contributed by atoms with Crippen molar-refractivity contribution in [2.45, 2.75) is 42.4 Å². The minimum atomic E-state index is -2.96. The molecule has 2 saturated heterocycles. The SMILES string of the molecule is O=C(NCc1ccc(C(=O)N2CCCCC2)cc1)c1ccccc1S[C@@H]1CCS(=O)(=O)C1. The number of sulfone groups is 1. The minimum Gasteiger partial charge on any atom is -0.348 e. The molecule has 2 aromatic carbocycles. The van der Waals surface area contributed by atoms with Crippen molar-refractivity contribution in [3.63, 3.8) is 0 Å². The summed E-state index contributed by atoms with van der Waals surface area (Å²) >= 11 is 1.47. The van der Waals surface area contributed by atoms with E-state index in [0.29, 0.717) is 24.1 Å². The lowest BCUT2D eigenvalue weighted by molar-refractivity contribution is 0.0724. The van der Waals surface area contributed by atoms with E-state index < -0.39 is 9.84 Å². The molecule has 2 aromatic rings. The van der Waals surface area contributed by atoms with Crippen LogP contribution in [0.2, 0.25) is 0 Å². The van der Waals surface area contributed by atoms with Crippen molar-refractivity contribution in [3.05, 3.63) is 65.2 Å². The second-order valence-corrected chi connectivity index (χ2v) is 11.9. The van der Waals surface area contributed by atoms with Crippen LogP contribution in [0.4, 0.5) is 0 Å². The summed E-state index contributed by atoms with van der Waals surface area (Å²) in [5.74, 6) is 0.258. The van der Waals surface area contributed by atoms with E-state index in [1.807, 2.05) is 47.4 Å². The number of benzene rings is 2. The molecule has 4 rings (SSSR count). The van der Waals surface area contributed by atoms with Crippen LogP contribution in [0.5, 0.6) is 0 Å². The van der Waals surface area contributed by atoms with Gasteiger partial charge >= 0.3 is 0 Å². The molecule has 2 heterocycles. The molecular weight excluding hydrogens is 444 g/mol. The zero-order valence-corrected chi connectivity index (χ0v) is 19.6. The number of amides is 2. The van der Waals surface area contributed by atoms with Crippen molar-refractivity contribution in [3.8, 4) is 0 Å². The number of nitrogens with one attached hydrogen (secondary N) is 1. The van der Waals surface area contributed by atoms with Crippen molar-refractivity contribution in [2.75, 3.05) is 24.6 Å². The molecule has 0 spiro atoms. The van der Waals surface area contributed by atoms with Crippen LogP contribution in [-0.2, 0) is 16.4 Å². The molecule has 170 valence electrons. The lowest BCUT2D eigenvalue weighted by Gasteiger charge is -2.26. The van der Waals surface area contributed by atoms with Crippen LogP contribution >= 0.6 is 11.8 Å². The molecule has 2 aliphatic heterocycles. The number of piperidine rings is 1. The molecule has 0 saturated carbocycles. The molecule has 1 atom stereocenters. The lowest BCUT2D eigenvalue weighted by atomic mass is 10.1. The normalized spacial score (nSPS) is 20.1. The minimum absolute atomic E-state index is 0.0149. The summed E-state index contributed by atoms with van der Waals surface area (Å²) in [5, 5.41) is 2.93. The second-order valence-electron chi connectivity index (χ2n) is 8.37. The smallest absolute Gasteiger partial charge is 0.253 e. The fourth-order valence-electron chi connectivity index (χ4n) is 4.11. The van der Waals surface area contributed by atoms with Crippen LogP contribution in [0, 0.1) is 0 Å². The Morgan fingerprint density at radius 2 is 1.72 bits per heavy atom. The maximum absolute atomic E-state index is 12.8. The molecule has 0 radical (unpaired) electrons. The van der Waals surface area contributed by atoms with Gasteiger partial charge in [0.05, 0.1) is 17.1 Å². The molecule has 0 aliphatic carbocycles. The first kappa shape index (κ1) is 22.9. The molecule has 6 nitrogen and oxygen atoms in total. The van der Waals surface area contributed by atoms with Gasteiger partial charge in [0.25, 0.3) is 11.8 Å².